The minimum absolute atomic E-state index is 0.153. The maximum atomic E-state index is 10.7. The van der Waals surface area contributed by atoms with E-state index in [1.54, 1.807) is 6.07 Å². The van der Waals surface area contributed by atoms with E-state index < -0.39 is 5.97 Å². The quantitative estimate of drug-likeness (QED) is 0.835. The molecule has 0 aliphatic heterocycles. The first-order valence-corrected chi connectivity index (χ1v) is 6.19. The molecule has 18 heavy (non-hydrogen) atoms. The predicted molar refractivity (Wildman–Crippen MR) is 71.6 cm³/mol. The molecule has 0 saturated carbocycles. The molecule has 0 radical (unpaired) electrons. The van der Waals surface area contributed by atoms with Crippen LogP contribution in [0.5, 0.6) is 5.75 Å². The summed E-state index contributed by atoms with van der Waals surface area (Å²) < 4.78 is 5.55. The number of benzene rings is 1. The van der Waals surface area contributed by atoms with Crippen molar-refractivity contribution in [3.05, 3.63) is 28.8 Å². The van der Waals surface area contributed by atoms with Gasteiger partial charge in [-0.25, -0.2) is 4.79 Å². The Morgan fingerprint density at radius 2 is 2.11 bits per heavy atom. The molecule has 0 fully saturated rings. The highest BCUT2D eigenvalue weighted by atomic mass is 35.5. The molecule has 0 bridgehead atoms. The Bertz CT molecular complexity index is 421. The number of rotatable bonds is 6. The molecule has 5 heteroatoms. The van der Waals surface area contributed by atoms with Gasteiger partial charge >= 0.3 is 5.97 Å². The Balaban J connectivity index is 2.60. The van der Waals surface area contributed by atoms with Gasteiger partial charge in [0.15, 0.2) is 0 Å². The molecule has 2 N–H and O–H groups in total. The van der Waals surface area contributed by atoms with Gasteiger partial charge in [0.05, 0.1) is 10.6 Å². The summed E-state index contributed by atoms with van der Waals surface area (Å²) in [5.74, 6) is -0.502. The fourth-order valence-electron chi connectivity index (χ4n) is 1.58. The van der Waals surface area contributed by atoms with E-state index in [1.807, 2.05) is 6.92 Å². The van der Waals surface area contributed by atoms with Gasteiger partial charge in [0.2, 0.25) is 0 Å². The van der Waals surface area contributed by atoms with Crippen molar-refractivity contribution in [1.29, 1.82) is 0 Å². The maximum absolute atomic E-state index is 10.7. The predicted octanol–water partition coefficient (Wildman–Crippen LogP) is 2.80. The van der Waals surface area contributed by atoms with Crippen LogP contribution in [-0.2, 0) is 0 Å². The van der Waals surface area contributed by atoms with Gasteiger partial charge in [0.1, 0.15) is 12.4 Å². The lowest BCUT2D eigenvalue weighted by Gasteiger charge is -2.18. The number of carboxylic acids is 1. The molecule has 0 saturated heterocycles. The number of carbonyl (C=O) groups is 1. The minimum Gasteiger partial charge on any atom is -0.490 e. The van der Waals surface area contributed by atoms with Crippen LogP contribution < -0.4 is 10.1 Å². The van der Waals surface area contributed by atoms with E-state index >= 15 is 0 Å². The molecule has 1 aromatic rings. The first-order chi connectivity index (χ1) is 8.40. The van der Waals surface area contributed by atoms with Gasteiger partial charge in [0.25, 0.3) is 0 Å². The Labute approximate surface area is 112 Å². The number of ether oxygens (including phenoxy) is 1. The molecule has 1 unspecified atom stereocenters. The number of nitrogens with one attached hydrogen (secondary N) is 1. The van der Waals surface area contributed by atoms with Crippen molar-refractivity contribution in [2.45, 2.75) is 32.9 Å². The lowest BCUT2D eigenvalue weighted by molar-refractivity contribution is 0.0697. The van der Waals surface area contributed by atoms with Gasteiger partial charge in [-0.2, -0.15) is 0 Å². The summed E-state index contributed by atoms with van der Waals surface area (Å²) in [6.45, 7) is 6.61. The first kappa shape index (κ1) is 14.8. The SMILES string of the molecule is CC(C)NC(C)COc1ccc(C(=O)O)cc1Cl. The monoisotopic (exact) mass is 271 g/mol. The normalized spacial score (nSPS) is 12.5. The Hall–Kier alpha value is -1.26. The Kier molecular flexibility index (Phi) is 5.44. The number of hydrogen-bond donors (Lipinski definition) is 2. The maximum Gasteiger partial charge on any atom is 0.335 e. The van der Waals surface area contributed by atoms with Gasteiger partial charge < -0.3 is 15.2 Å². The zero-order valence-electron chi connectivity index (χ0n) is 10.7. The van der Waals surface area contributed by atoms with Crippen LogP contribution in [0.25, 0.3) is 0 Å². The van der Waals surface area contributed by atoms with Crippen LogP contribution in [0.4, 0.5) is 0 Å². The summed E-state index contributed by atoms with van der Waals surface area (Å²) >= 11 is 5.95. The van der Waals surface area contributed by atoms with Gasteiger partial charge in [-0.1, -0.05) is 25.4 Å². The van der Waals surface area contributed by atoms with E-state index in [-0.39, 0.29) is 11.6 Å². The van der Waals surface area contributed by atoms with Crippen LogP contribution in [0.3, 0.4) is 0 Å². The Morgan fingerprint density at radius 3 is 2.61 bits per heavy atom. The summed E-state index contributed by atoms with van der Waals surface area (Å²) in [4.78, 5) is 10.7. The molecule has 0 heterocycles. The zero-order chi connectivity index (χ0) is 13.7. The third kappa shape index (κ3) is 4.55. The molecule has 1 atom stereocenters. The number of hydrogen-bond acceptors (Lipinski definition) is 3. The molecular weight excluding hydrogens is 254 g/mol. The van der Waals surface area contributed by atoms with Gasteiger partial charge in [-0.05, 0) is 25.1 Å². The van der Waals surface area contributed by atoms with Crippen LogP contribution >= 0.6 is 11.6 Å². The van der Waals surface area contributed by atoms with E-state index in [0.29, 0.717) is 23.4 Å². The first-order valence-electron chi connectivity index (χ1n) is 5.82. The molecule has 0 amide bonds. The molecule has 0 aliphatic carbocycles. The summed E-state index contributed by atoms with van der Waals surface area (Å²) in [6.07, 6.45) is 0. The van der Waals surface area contributed by atoms with Crippen molar-refractivity contribution in [3.8, 4) is 5.75 Å². The molecule has 1 aromatic carbocycles. The number of carboxylic acid groups (broad SMARTS) is 1. The molecule has 0 aliphatic rings. The minimum atomic E-state index is -1.00. The van der Waals surface area contributed by atoms with Crippen molar-refractivity contribution in [2.24, 2.45) is 0 Å². The second-order valence-corrected chi connectivity index (χ2v) is 4.89. The summed E-state index contributed by atoms with van der Waals surface area (Å²) in [6, 6.07) is 5.02. The number of halogens is 1. The van der Waals surface area contributed by atoms with Crippen molar-refractivity contribution >= 4 is 17.6 Å². The standard InChI is InChI=1S/C13H18ClNO3/c1-8(2)15-9(3)7-18-12-5-4-10(13(16)17)6-11(12)14/h4-6,8-9,15H,7H2,1-3H3,(H,16,17). The van der Waals surface area contributed by atoms with Crippen molar-refractivity contribution in [1.82, 2.24) is 5.32 Å². The third-order valence-electron chi connectivity index (χ3n) is 2.29. The second-order valence-electron chi connectivity index (χ2n) is 4.48. The summed E-state index contributed by atoms with van der Waals surface area (Å²) in [5.41, 5.74) is 0.153. The highest BCUT2D eigenvalue weighted by Crippen LogP contribution is 2.25. The Morgan fingerprint density at radius 1 is 1.44 bits per heavy atom. The number of aromatic carboxylic acids is 1. The summed E-state index contributed by atoms with van der Waals surface area (Å²) in [7, 11) is 0. The topological polar surface area (TPSA) is 58.6 Å². The van der Waals surface area contributed by atoms with Gasteiger partial charge in [0, 0.05) is 12.1 Å². The van der Waals surface area contributed by atoms with E-state index in [0.717, 1.165) is 0 Å². The molecule has 4 nitrogen and oxygen atoms in total. The van der Waals surface area contributed by atoms with Gasteiger partial charge in [-0.15, -0.1) is 0 Å². The molecule has 0 aromatic heterocycles. The zero-order valence-corrected chi connectivity index (χ0v) is 11.5. The molecule has 0 spiro atoms. The van der Waals surface area contributed by atoms with Crippen molar-refractivity contribution in [2.75, 3.05) is 6.61 Å². The second kappa shape index (κ2) is 6.61. The fourth-order valence-corrected chi connectivity index (χ4v) is 1.82. The van der Waals surface area contributed by atoms with Gasteiger partial charge in [-0.3, -0.25) is 0 Å². The smallest absolute Gasteiger partial charge is 0.335 e. The van der Waals surface area contributed by atoms with Crippen molar-refractivity contribution < 1.29 is 14.6 Å². The highest BCUT2D eigenvalue weighted by Gasteiger charge is 2.09. The highest BCUT2D eigenvalue weighted by molar-refractivity contribution is 6.32. The summed E-state index contributed by atoms with van der Waals surface area (Å²) in [5, 5.41) is 12.4. The molecular formula is C13H18ClNO3. The molecule has 1 rings (SSSR count). The van der Waals surface area contributed by atoms with Crippen LogP contribution in [-0.4, -0.2) is 29.8 Å². The fraction of sp³-hybridized carbons (Fsp3) is 0.462. The van der Waals surface area contributed by atoms with Crippen LogP contribution in [0, 0.1) is 0 Å². The van der Waals surface area contributed by atoms with Crippen LogP contribution in [0.15, 0.2) is 18.2 Å². The van der Waals surface area contributed by atoms with E-state index in [9.17, 15) is 4.79 Å². The molecule has 100 valence electrons. The average molecular weight is 272 g/mol. The largest absolute Gasteiger partial charge is 0.490 e. The lowest BCUT2D eigenvalue weighted by Crippen LogP contribution is -2.36. The van der Waals surface area contributed by atoms with E-state index in [2.05, 4.69) is 19.2 Å². The van der Waals surface area contributed by atoms with Crippen molar-refractivity contribution in [3.63, 3.8) is 0 Å². The lowest BCUT2D eigenvalue weighted by atomic mass is 10.2. The van der Waals surface area contributed by atoms with E-state index in [1.165, 1.54) is 12.1 Å². The third-order valence-corrected chi connectivity index (χ3v) is 2.58. The van der Waals surface area contributed by atoms with Crippen LogP contribution in [0.1, 0.15) is 31.1 Å². The van der Waals surface area contributed by atoms with E-state index in [4.69, 9.17) is 21.4 Å². The average Bonchev–Trinajstić information content (AvgIpc) is 2.26. The van der Waals surface area contributed by atoms with Crippen LogP contribution in [0.2, 0.25) is 5.02 Å².